The van der Waals surface area contributed by atoms with E-state index in [9.17, 15) is 10.2 Å². The average Bonchev–Trinajstić information content (AvgIpc) is 2.75. The summed E-state index contributed by atoms with van der Waals surface area (Å²) in [5.74, 6) is 0. The Kier molecular flexibility index (Phi) is 17.7. The molecule has 1 aliphatic heterocycles. The lowest BCUT2D eigenvalue weighted by Gasteiger charge is -2.36. The molecule has 0 amide bonds. The van der Waals surface area contributed by atoms with Crippen LogP contribution in [0.25, 0.3) is 0 Å². The van der Waals surface area contributed by atoms with E-state index in [1.165, 1.54) is 83.5 Å². The van der Waals surface area contributed by atoms with Gasteiger partial charge < -0.3 is 24.8 Å². The van der Waals surface area contributed by atoms with Crippen molar-refractivity contribution in [2.45, 2.75) is 128 Å². The summed E-state index contributed by atoms with van der Waals surface area (Å²) < 4.78 is 11.0. The summed E-state index contributed by atoms with van der Waals surface area (Å²) in [4.78, 5) is 0. The van der Waals surface area contributed by atoms with Crippen LogP contribution < -0.4 is 0 Å². The second-order valence-corrected chi connectivity index (χ2v) is 8.74. The molecule has 0 bridgehead atoms. The van der Waals surface area contributed by atoms with Crippen molar-refractivity contribution in [2.75, 3.05) is 19.8 Å². The first-order valence-corrected chi connectivity index (χ1v) is 12.6. The highest BCUT2D eigenvalue weighted by Crippen LogP contribution is 2.18. The number of aliphatic hydroxyl groups is 3. The lowest BCUT2D eigenvalue weighted by atomic mass is 10.0. The van der Waals surface area contributed by atoms with Gasteiger partial charge in [0.25, 0.3) is 0 Å². The molecule has 30 heavy (non-hydrogen) atoms. The van der Waals surface area contributed by atoms with E-state index in [-0.39, 0.29) is 13.2 Å². The third-order valence-corrected chi connectivity index (χ3v) is 6.00. The SMILES string of the molecule is CCCCCCCCC/C=C/CCCCCCCCO[C@@H]1CO[C@@H](CO)[C@H](O)[C@H]1O. The van der Waals surface area contributed by atoms with Crippen LogP contribution in [-0.4, -0.2) is 59.6 Å². The third-order valence-electron chi connectivity index (χ3n) is 6.00. The number of ether oxygens (including phenoxy) is 2. The smallest absolute Gasteiger partial charge is 0.111 e. The van der Waals surface area contributed by atoms with Crippen LogP contribution in [0.2, 0.25) is 0 Å². The topological polar surface area (TPSA) is 79.2 Å². The zero-order valence-corrected chi connectivity index (χ0v) is 19.4. The molecule has 1 fully saturated rings. The van der Waals surface area contributed by atoms with Crippen molar-refractivity contribution in [2.24, 2.45) is 0 Å². The molecular formula is C25H48O5. The van der Waals surface area contributed by atoms with Crippen molar-refractivity contribution in [3.63, 3.8) is 0 Å². The first kappa shape index (κ1) is 27.6. The van der Waals surface area contributed by atoms with E-state index in [0.717, 1.165) is 12.8 Å². The van der Waals surface area contributed by atoms with Gasteiger partial charge in [0.05, 0.1) is 13.2 Å². The van der Waals surface area contributed by atoms with Crippen LogP contribution in [0, 0.1) is 0 Å². The molecule has 4 atom stereocenters. The van der Waals surface area contributed by atoms with E-state index in [0.29, 0.717) is 6.61 Å². The lowest BCUT2D eigenvalue weighted by Crippen LogP contribution is -2.55. The number of allylic oxidation sites excluding steroid dienone is 2. The summed E-state index contributed by atoms with van der Waals surface area (Å²) in [6.07, 6.45) is 20.7. The molecule has 178 valence electrons. The van der Waals surface area contributed by atoms with Gasteiger partial charge in [-0.1, -0.05) is 83.3 Å². The first-order chi connectivity index (χ1) is 14.7. The van der Waals surface area contributed by atoms with E-state index < -0.39 is 24.4 Å². The van der Waals surface area contributed by atoms with Gasteiger partial charge in [-0.2, -0.15) is 0 Å². The Morgan fingerprint density at radius 2 is 1.30 bits per heavy atom. The Labute approximate surface area is 184 Å². The molecular weight excluding hydrogens is 380 g/mol. The summed E-state index contributed by atoms with van der Waals surface area (Å²) in [6, 6.07) is 0. The van der Waals surface area contributed by atoms with Gasteiger partial charge in [0.2, 0.25) is 0 Å². The maximum atomic E-state index is 10.0. The molecule has 0 aromatic carbocycles. The summed E-state index contributed by atoms with van der Waals surface area (Å²) >= 11 is 0. The van der Waals surface area contributed by atoms with Crippen molar-refractivity contribution in [1.29, 1.82) is 0 Å². The molecule has 1 saturated heterocycles. The third kappa shape index (κ3) is 13.1. The summed E-state index contributed by atoms with van der Waals surface area (Å²) in [7, 11) is 0. The molecule has 0 radical (unpaired) electrons. The maximum Gasteiger partial charge on any atom is 0.111 e. The van der Waals surface area contributed by atoms with Gasteiger partial charge >= 0.3 is 0 Å². The molecule has 0 spiro atoms. The van der Waals surface area contributed by atoms with Gasteiger partial charge in [0.15, 0.2) is 0 Å². The Hall–Kier alpha value is -0.460. The summed E-state index contributed by atoms with van der Waals surface area (Å²) in [5, 5.41) is 28.9. The second-order valence-electron chi connectivity index (χ2n) is 8.74. The van der Waals surface area contributed by atoms with E-state index in [2.05, 4.69) is 19.1 Å². The molecule has 1 aliphatic rings. The fourth-order valence-electron chi connectivity index (χ4n) is 3.92. The average molecular weight is 429 g/mol. The highest BCUT2D eigenvalue weighted by atomic mass is 16.6. The Balaban J connectivity index is 1.82. The van der Waals surface area contributed by atoms with Gasteiger partial charge in [-0.25, -0.2) is 0 Å². The van der Waals surface area contributed by atoms with E-state index >= 15 is 0 Å². The van der Waals surface area contributed by atoms with Gasteiger partial charge in [0, 0.05) is 6.61 Å². The standard InChI is InChI=1S/C25H48O5/c1-2-3-4-5-6-7-8-9-10-11-12-13-14-15-16-17-18-19-29-23-21-30-22(20-26)24(27)25(23)28/h10-11,22-28H,2-9,12-21H2,1H3/b11-10+/t22-,23+,24-,25-/m0/s1. The van der Waals surface area contributed by atoms with Crippen LogP contribution in [-0.2, 0) is 9.47 Å². The Morgan fingerprint density at radius 1 is 0.767 bits per heavy atom. The predicted molar refractivity (Wildman–Crippen MR) is 123 cm³/mol. The molecule has 0 aliphatic carbocycles. The van der Waals surface area contributed by atoms with E-state index in [1.807, 2.05) is 0 Å². The highest BCUT2D eigenvalue weighted by Gasteiger charge is 2.38. The van der Waals surface area contributed by atoms with Crippen LogP contribution in [0.4, 0.5) is 0 Å². The normalized spacial score (nSPS) is 24.7. The predicted octanol–water partition coefficient (Wildman–Crippen LogP) is 4.91. The fraction of sp³-hybridized carbons (Fsp3) is 0.920. The highest BCUT2D eigenvalue weighted by molar-refractivity contribution is 4.87. The minimum Gasteiger partial charge on any atom is -0.394 e. The van der Waals surface area contributed by atoms with Crippen LogP contribution in [0.3, 0.4) is 0 Å². The summed E-state index contributed by atoms with van der Waals surface area (Å²) in [6.45, 7) is 2.77. The largest absolute Gasteiger partial charge is 0.394 e. The number of hydrogen-bond acceptors (Lipinski definition) is 5. The van der Waals surface area contributed by atoms with Gasteiger partial charge in [-0.3, -0.25) is 0 Å². The number of hydrogen-bond donors (Lipinski definition) is 3. The molecule has 0 unspecified atom stereocenters. The van der Waals surface area contributed by atoms with Crippen molar-refractivity contribution >= 4 is 0 Å². The van der Waals surface area contributed by atoms with Gasteiger partial charge in [0.1, 0.15) is 24.4 Å². The maximum absolute atomic E-state index is 10.0. The second kappa shape index (κ2) is 19.2. The minimum absolute atomic E-state index is 0.218. The minimum atomic E-state index is -1.08. The molecule has 3 N–H and O–H groups in total. The van der Waals surface area contributed by atoms with Crippen molar-refractivity contribution in [3.05, 3.63) is 12.2 Å². The molecule has 0 aromatic heterocycles. The molecule has 5 heteroatoms. The molecule has 5 nitrogen and oxygen atoms in total. The Bertz CT molecular complexity index is 401. The molecule has 0 saturated carbocycles. The van der Waals surface area contributed by atoms with E-state index in [1.54, 1.807) is 0 Å². The monoisotopic (exact) mass is 428 g/mol. The molecule has 0 aromatic rings. The van der Waals surface area contributed by atoms with Gasteiger partial charge in [-0.05, 0) is 32.1 Å². The van der Waals surface area contributed by atoms with Crippen molar-refractivity contribution < 1.29 is 24.8 Å². The van der Waals surface area contributed by atoms with Crippen LogP contribution in [0.1, 0.15) is 103 Å². The number of rotatable bonds is 19. The lowest BCUT2D eigenvalue weighted by molar-refractivity contribution is -0.208. The quantitative estimate of drug-likeness (QED) is 0.201. The van der Waals surface area contributed by atoms with Crippen LogP contribution >= 0.6 is 0 Å². The van der Waals surface area contributed by atoms with Gasteiger partial charge in [-0.15, -0.1) is 0 Å². The Morgan fingerprint density at radius 3 is 1.87 bits per heavy atom. The zero-order chi connectivity index (χ0) is 21.9. The van der Waals surface area contributed by atoms with Crippen LogP contribution in [0.5, 0.6) is 0 Å². The molecule has 1 rings (SSSR count). The summed E-state index contributed by atoms with van der Waals surface area (Å²) in [5.41, 5.74) is 0. The zero-order valence-electron chi connectivity index (χ0n) is 19.4. The first-order valence-electron chi connectivity index (χ1n) is 12.6. The van der Waals surface area contributed by atoms with E-state index in [4.69, 9.17) is 14.6 Å². The van der Waals surface area contributed by atoms with Crippen molar-refractivity contribution in [3.8, 4) is 0 Å². The molecule has 1 heterocycles. The van der Waals surface area contributed by atoms with Crippen molar-refractivity contribution in [1.82, 2.24) is 0 Å². The van der Waals surface area contributed by atoms with Crippen LogP contribution in [0.15, 0.2) is 12.2 Å². The number of aliphatic hydroxyl groups excluding tert-OH is 3. The fourth-order valence-corrected chi connectivity index (χ4v) is 3.92. The number of unbranched alkanes of at least 4 members (excludes halogenated alkanes) is 13.